The third-order valence-corrected chi connectivity index (χ3v) is 3.45. The maximum atomic E-state index is 12.4. The van der Waals surface area contributed by atoms with E-state index in [1.807, 2.05) is 0 Å². The van der Waals surface area contributed by atoms with Gasteiger partial charge in [0.25, 0.3) is 0 Å². The fraction of sp³-hybridized carbons (Fsp3) is 0.786. The number of amides is 2. The molecule has 1 fully saturated rings. The molecule has 21 heavy (non-hydrogen) atoms. The Bertz CT molecular complexity index is 386. The van der Waals surface area contributed by atoms with Crippen LogP contribution in [0.4, 0.5) is 0 Å². The highest BCUT2D eigenvalue weighted by atomic mass is 16.5. The molecule has 0 aromatic heterocycles. The highest BCUT2D eigenvalue weighted by molar-refractivity contribution is 5.90. The third kappa shape index (κ3) is 5.00. The van der Waals surface area contributed by atoms with Gasteiger partial charge in [-0.25, -0.2) is 0 Å². The van der Waals surface area contributed by atoms with E-state index in [1.165, 1.54) is 4.90 Å². The van der Waals surface area contributed by atoms with Crippen LogP contribution in [0.3, 0.4) is 0 Å². The molecule has 1 aliphatic rings. The number of methoxy groups -OCH3 is 1. The van der Waals surface area contributed by atoms with Crippen molar-refractivity contribution in [2.75, 3.05) is 46.5 Å². The fourth-order valence-corrected chi connectivity index (χ4v) is 2.32. The number of rotatable bonds is 8. The number of ether oxygens (including phenoxy) is 2. The lowest BCUT2D eigenvalue weighted by atomic mass is 10.1. The number of hydrogen-bond acceptors (Lipinski definition) is 5. The maximum Gasteiger partial charge on any atom is 0.325 e. The molecule has 1 heterocycles. The number of hydrogen-bond donors (Lipinski definition) is 0. The van der Waals surface area contributed by atoms with Crippen molar-refractivity contribution in [2.24, 2.45) is 5.92 Å². The quantitative estimate of drug-likeness (QED) is 0.585. The first-order valence-corrected chi connectivity index (χ1v) is 7.24. The summed E-state index contributed by atoms with van der Waals surface area (Å²) in [6.45, 7) is 5.50. The third-order valence-electron chi connectivity index (χ3n) is 3.45. The highest BCUT2D eigenvalue weighted by Crippen LogP contribution is 2.20. The molecular formula is C14H24N2O5. The van der Waals surface area contributed by atoms with Crippen LogP contribution >= 0.6 is 0 Å². The zero-order chi connectivity index (χ0) is 15.8. The Morgan fingerprint density at radius 3 is 2.67 bits per heavy atom. The van der Waals surface area contributed by atoms with Crippen LogP contribution in [0.25, 0.3) is 0 Å². The first-order chi connectivity index (χ1) is 10.0. The molecule has 1 aliphatic heterocycles. The first-order valence-electron chi connectivity index (χ1n) is 7.24. The number of carbonyl (C=O) groups excluding carboxylic acids is 3. The van der Waals surface area contributed by atoms with Crippen LogP contribution in [0.1, 0.15) is 20.3 Å². The lowest BCUT2D eigenvalue weighted by molar-refractivity contribution is -0.150. The smallest absolute Gasteiger partial charge is 0.325 e. The summed E-state index contributed by atoms with van der Waals surface area (Å²) in [7, 11) is 1.57. The maximum absolute atomic E-state index is 12.4. The Morgan fingerprint density at radius 2 is 2.10 bits per heavy atom. The largest absolute Gasteiger partial charge is 0.465 e. The number of esters is 1. The molecule has 1 atom stereocenters. The van der Waals surface area contributed by atoms with E-state index in [1.54, 1.807) is 25.9 Å². The zero-order valence-electron chi connectivity index (χ0n) is 13.0. The molecule has 1 unspecified atom stereocenters. The van der Waals surface area contributed by atoms with Gasteiger partial charge in [0.15, 0.2) is 0 Å². The van der Waals surface area contributed by atoms with Crippen LogP contribution in [0.5, 0.6) is 0 Å². The van der Waals surface area contributed by atoms with Gasteiger partial charge in [-0.3, -0.25) is 14.4 Å². The van der Waals surface area contributed by atoms with Gasteiger partial charge in [0.05, 0.1) is 19.1 Å². The summed E-state index contributed by atoms with van der Waals surface area (Å²) in [5.74, 6) is -1.02. The van der Waals surface area contributed by atoms with E-state index in [9.17, 15) is 14.4 Å². The summed E-state index contributed by atoms with van der Waals surface area (Å²) in [5, 5.41) is 0. The molecule has 7 heteroatoms. The van der Waals surface area contributed by atoms with Gasteiger partial charge in [0, 0.05) is 33.2 Å². The molecule has 1 rings (SSSR count). The number of likely N-dealkylation sites (tertiary alicyclic amines) is 1. The van der Waals surface area contributed by atoms with Crippen molar-refractivity contribution in [3.63, 3.8) is 0 Å². The first kappa shape index (κ1) is 17.4. The Balaban J connectivity index is 2.57. The van der Waals surface area contributed by atoms with Gasteiger partial charge in [0.2, 0.25) is 11.8 Å². The van der Waals surface area contributed by atoms with E-state index in [4.69, 9.17) is 9.47 Å². The summed E-state index contributed by atoms with van der Waals surface area (Å²) >= 11 is 0. The number of nitrogens with zero attached hydrogens (tertiary/aromatic N) is 2. The molecule has 0 aromatic rings. The van der Waals surface area contributed by atoms with Crippen LogP contribution in [0.2, 0.25) is 0 Å². The predicted octanol–water partition coefficient (Wildman–Crippen LogP) is -0.107. The lowest BCUT2D eigenvalue weighted by Gasteiger charge is -2.23. The summed E-state index contributed by atoms with van der Waals surface area (Å²) in [6.07, 6.45) is 0.196. The van der Waals surface area contributed by atoms with Crippen LogP contribution in [-0.4, -0.2) is 74.1 Å². The van der Waals surface area contributed by atoms with E-state index >= 15 is 0 Å². The highest BCUT2D eigenvalue weighted by Gasteiger charge is 2.36. The van der Waals surface area contributed by atoms with Gasteiger partial charge >= 0.3 is 5.97 Å². The molecule has 2 amide bonds. The van der Waals surface area contributed by atoms with Crippen molar-refractivity contribution < 1.29 is 23.9 Å². The van der Waals surface area contributed by atoms with Crippen LogP contribution in [0, 0.1) is 5.92 Å². The molecule has 0 aliphatic carbocycles. The van der Waals surface area contributed by atoms with E-state index in [2.05, 4.69) is 0 Å². The monoisotopic (exact) mass is 300 g/mol. The minimum Gasteiger partial charge on any atom is -0.465 e. The standard InChI is InChI=1S/C14H24N2O5/c1-4-15(10-13(18)21-5-2)14(19)11-8-12(17)16(9-11)6-7-20-3/h11H,4-10H2,1-3H3. The average molecular weight is 300 g/mol. The van der Waals surface area contributed by atoms with Crippen molar-refractivity contribution >= 4 is 17.8 Å². The van der Waals surface area contributed by atoms with E-state index in [0.29, 0.717) is 26.2 Å². The minimum absolute atomic E-state index is 0.0439. The number of carbonyl (C=O) groups is 3. The van der Waals surface area contributed by atoms with E-state index in [0.717, 1.165) is 0 Å². The lowest BCUT2D eigenvalue weighted by Crippen LogP contribution is -2.41. The van der Waals surface area contributed by atoms with Gasteiger partial charge in [0.1, 0.15) is 6.54 Å². The Hall–Kier alpha value is -1.63. The van der Waals surface area contributed by atoms with E-state index in [-0.39, 0.29) is 37.3 Å². The summed E-state index contributed by atoms with van der Waals surface area (Å²) < 4.78 is 9.80. The fourth-order valence-electron chi connectivity index (χ4n) is 2.32. The molecule has 0 bridgehead atoms. The van der Waals surface area contributed by atoms with Gasteiger partial charge in [-0.15, -0.1) is 0 Å². The average Bonchev–Trinajstić information content (AvgIpc) is 2.83. The summed E-state index contributed by atoms with van der Waals surface area (Å²) in [6, 6.07) is 0. The second-order valence-electron chi connectivity index (χ2n) is 4.89. The van der Waals surface area contributed by atoms with Crippen LogP contribution in [-0.2, 0) is 23.9 Å². The van der Waals surface area contributed by atoms with Crippen LogP contribution < -0.4 is 0 Å². The van der Waals surface area contributed by atoms with Crippen molar-refractivity contribution in [1.82, 2.24) is 9.80 Å². The van der Waals surface area contributed by atoms with Crippen molar-refractivity contribution in [1.29, 1.82) is 0 Å². The molecule has 120 valence electrons. The molecule has 0 N–H and O–H groups in total. The second kappa shape index (κ2) is 8.61. The molecule has 0 spiro atoms. The molecule has 0 saturated carbocycles. The van der Waals surface area contributed by atoms with Gasteiger partial charge < -0.3 is 19.3 Å². The summed E-state index contributed by atoms with van der Waals surface area (Å²) in [4.78, 5) is 38.8. The topological polar surface area (TPSA) is 76.2 Å². The van der Waals surface area contributed by atoms with Gasteiger partial charge in [-0.2, -0.15) is 0 Å². The van der Waals surface area contributed by atoms with Crippen molar-refractivity contribution in [2.45, 2.75) is 20.3 Å². The number of likely N-dealkylation sites (N-methyl/N-ethyl adjacent to an activating group) is 1. The normalized spacial score (nSPS) is 18.0. The van der Waals surface area contributed by atoms with Gasteiger partial charge in [-0.1, -0.05) is 0 Å². The Labute approximate surface area is 125 Å². The minimum atomic E-state index is -0.423. The Kier molecular flexibility index (Phi) is 7.14. The zero-order valence-corrected chi connectivity index (χ0v) is 13.0. The van der Waals surface area contributed by atoms with E-state index < -0.39 is 5.97 Å². The van der Waals surface area contributed by atoms with Crippen LogP contribution in [0.15, 0.2) is 0 Å². The molecule has 1 saturated heterocycles. The molecule has 0 aromatic carbocycles. The van der Waals surface area contributed by atoms with Crippen molar-refractivity contribution in [3.05, 3.63) is 0 Å². The van der Waals surface area contributed by atoms with Gasteiger partial charge in [-0.05, 0) is 13.8 Å². The van der Waals surface area contributed by atoms with Crippen molar-refractivity contribution in [3.8, 4) is 0 Å². The SMILES string of the molecule is CCOC(=O)CN(CC)C(=O)C1CC(=O)N(CCOC)C1. The Morgan fingerprint density at radius 1 is 1.38 bits per heavy atom. The predicted molar refractivity (Wildman–Crippen MR) is 75.5 cm³/mol. The molecular weight excluding hydrogens is 276 g/mol. The summed E-state index contributed by atoms with van der Waals surface area (Å²) in [5.41, 5.74) is 0. The second-order valence-corrected chi connectivity index (χ2v) is 4.89. The molecule has 0 radical (unpaired) electrons. The molecule has 7 nitrogen and oxygen atoms in total.